The second kappa shape index (κ2) is 10.6. The molecule has 0 aromatic carbocycles. The molecule has 0 atom stereocenters. The van der Waals surface area contributed by atoms with Gasteiger partial charge in [0.2, 0.25) is 0 Å². The largest absolute Gasteiger partial charge is 0.313 e. The zero-order valence-electron chi connectivity index (χ0n) is 13.5. The molecule has 2 rings (SSSR count). The van der Waals surface area contributed by atoms with E-state index in [9.17, 15) is 0 Å². The summed E-state index contributed by atoms with van der Waals surface area (Å²) in [5.41, 5.74) is 0. The predicted molar refractivity (Wildman–Crippen MR) is 88.2 cm³/mol. The smallest absolute Gasteiger partial charge is 0.00794 e. The molecule has 0 aromatic heterocycles. The first-order valence-electron chi connectivity index (χ1n) is 9.42. The molecule has 2 nitrogen and oxygen atoms in total. The second-order valence-electron chi connectivity index (χ2n) is 6.99. The van der Waals surface area contributed by atoms with Crippen molar-refractivity contribution in [3.8, 4) is 0 Å². The van der Waals surface area contributed by atoms with Gasteiger partial charge in [0.15, 0.2) is 0 Å². The van der Waals surface area contributed by atoms with Crippen LogP contribution in [-0.4, -0.2) is 25.2 Å². The minimum absolute atomic E-state index is 0.800. The second-order valence-corrected chi connectivity index (χ2v) is 6.99. The molecule has 2 aliphatic rings. The van der Waals surface area contributed by atoms with E-state index < -0.39 is 0 Å². The molecule has 2 fully saturated rings. The highest BCUT2D eigenvalue weighted by atomic mass is 15.0. The summed E-state index contributed by atoms with van der Waals surface area (Å²) in [4.78, 5) is 0. The molecular weight excluding hydrogens is 244 g/mol. The summed E-state index contributed by atoms with van der Waals surface area (Å²) in [6, 6.07) is 1.60. The Balaban J connectivity index is 1.52. The molecule has 0 spiro atoms. The van der Waals surface area contributed by atoms with Crippen LogP contribution in [0.2, 0.25) is 0 Å². The average Bonchev–Trinajstić information content (AvgIpc) is 2.38. The maximum absolute atomic E-state index is 3.79. The van der Waals surface area contributed by atoms with Crippen LogP contribution in [0.1, 0.15) is 89.9 Å². The summed E-state index contributed by atoms with van der Waals surface area (Å²) in [6.07, 6.45) is 20.1. The molecule has 118 valence electrons. The molecule has 20 heavy (non-hydrogen) atoms. The van der Waals surface area contributed by atoms with Crippen LogP contribution in [0.4, 0.5) is 0 Å². The van der Waals surface area contributed by atoms with Crippen molar-refractivity contribution in [3.05, 3.63) is 0 Å². The number of hydrogen-bond acceptors (Lipinski definition) is 2. The Kier molecular flexibility index (Phi) is 8.65. The molecule has 0 saturated heterocycles. The fourth-order valence-electron chi connectivity index (χ4n) is 3.87. The van der Waals surface area contributed by atoms with Crippen LogP contribution in [-0.2, 0) is 0 Å². The zero-order valence-corrected chi connectivity index (χ0v) is 13.5. The predicted octanol–water partition coefficient (Wildman–Crippen LogP) is 4.39. The van der Waals surface area contributed by atoms with Gasteiger partial charge in [-0.25, -0.2) is 0 Å². The van der Waals surface area contributed by atoms with Gasteiger partial charge in [-0.2, -0.15) is 0 Å². The lowest BCUT2D eigenvalue weighted by Gasteiger charge is -2.24. The van der Waals surface area contributed by atoms with Gasteiger partial charge >= 0.3 is 0 Å². The minimum Gasteiger partial charge on any atom is -0.313 e. The molecule has 0 amide bonds. The Morgan fingerprint density at radius 3 is 1.10 bits per heavy atom. The standard InChI is InChI=1S/C18H36N2/c1-3-7-11-17(12-8-4-1)19-15-16-20-18-13-9-5-2-6-10-14-18/h17-20H,1-16H2. The van der Waals surface area contributed by atoms with Crippen LogP contribution in [0.3, 0.4) is 0 Å². The van der Waals surface area contributed by atoms with Crippen LogP contribution >= 0.6 is 0 Å². The number of rotatable bonds is 5. The van der Waals surface area contributed by atoms with Gasteiger partial charge in [0.1, 0.15) is 0 Å². The van der Waals surface area contributed by atoms with Crippen molar-refractivity contribution < 1.29 is 0 Å². The van der Waals surface area contributed by atoms with Crippen molar-refractivity contribution in [2.45, 2.75) is 102 Å². The van der Waals surface area contributed by atoms with E-state index in [1.54, 1.807) is 0 Å². The van der Waals surface area contributed by atoms with Crippen molar-refractivity contribution >= 4 is 0 Å². The van der Waals surface area contributed by atoms with Gasteiger partial charge in [0, 0.05) is 25.2 Å². The van der Waals surface area contributed by atoms with Gasteiger partial charge in [-0.05, 0) is 25.7 Å². The molecule has 2 N–H and O–H groups in total. The molecular formula is C18H36N2. The fraction of sp³-hybridized carbons (Fsp3) is 1.00. The van der Waals surface area contributed by atoms with Crippen LogP contribution in [0.5, 0.6) is 0 Å². The minimum atomic E-state index is 0.800. The van der Waals surface area contributed by atoms with E-state index in [0.717, 1.165) is 12.1 Å². The molecule has 0 aromatic rings. The Hall–Kier alpha value is -0.0800. The third kappa shape index (κ3) is 7.08. The van der Waals surface area contributed by atoms with Crippen molar-refractivity contribution in [2.24, 2.45) is 0 Å². The van der Waals surface area contributed by atoms with E-state index in [0.29, 0.717) is 0 Å². The van der Waals surface area contributed by atoms with Gasteiger partial charge in [-0.15, -0.1) is 0 Å². The van der Waals surface area contributed by atoms with E-state index in [2.05, 4.69) is 10.6 Å². The van der Waals surface area contributed by atoms with Gasteiger partial charge in [-0.3, -0.25) is 0 Å². The van der Waals surface area contributed by atoms with E-state index in [1.807, 2.05) is 0 Å². The molecule has 2 aliphatic carbocycles. The first kappa shape index (κ1) is 16.3. The van der Waals surface area contributed by atoms with Gasteiger partial charge in [0.05, 0.1) is 0 Å². The summed E-state index contributed by atoms with van der Waals surface area (Å²) >= 11 is 0. The Morgan fingerprint density at radius 1 is 0.450 bits per heavy atom. The number of nitrogens with one attached hydrogen (secondary N) is 2. The highest BCUT2D eigenvalue weighted by Crippen LogP contribution is 2.18. The summed E-state index contributed by atoms with van der Waals surface area (Å²) in [7, 11) is 0. The lowest BCUT2D eigenvalue weighted by molar-refractivity contribution is 0.364. The van der Waals surface area contributed by atoms with Gasteiger partial charge in [-0.1, -0.05) is 64.2 Å². The van der Waals surface area contributed by atoms with Crippen LogP contribution in [0, 0.1) is 0 Å². The lowest BCUT2D eigenvalue weighted by atomic mass is 9.96. The highest BCUT2D eigenvalue weighted by Gasteiger charge is 2.12. The fourth-order valence-corrected chi connectivity index (χ4v) is 3.87. The van der Waals surface area contributed by atoms with Crippen molar-refractivity contribution in [3.63, 3.8) is 0 Å². The first-order valence-corrected chi connectivity index (χ1v) is 9.42. The van der Waals surface area contributed by atoms with E-state index in [1.165, 1.54) is 103 Å². The van der Waals surface area contributed by atoms with Crippen LogP contribution in [0.15, 0.2) is 0 Å². The average molecular weight is 280 g/mol. The van der Waals surface area contributed by atoms with Crippen molar-refractivity contribution in [2.75, 3.05) is 13.1 Å². The quantitative estimate of drug-likeness (QED) is 0.730. The molecule has 2 heteroatoms. The van der Waals surface area contributed by atoms with Gasteiger partial charge < -0.3 is 10.6 Å². The Labute approximate surface area is 126 Å². The summed E-state index contributed by atoms with van der Waals surface area (Å²) in [6.45, 7) is 2.34. The van der Waals surface area contributed by atoms with Crippen LogP contribution in [0.25, 0.3) is 0 Å². The SMILES string of the molecule is C1CCCC(NCCNC2CCCCCCC2)CCC1. The first-order chi connectivity index (χ1) is 9.95. The molecule has 0 heterocycles. The van der Waals surface area contributed by atoms with E-state index in [-0.39, 0.29) is 0 Å². The summed E-state index contributed by atoms with van der Waals surface area (Å²) in [5, 5.41) is 7.59. The molecule has 0 unspecified atom stereocenters. The monoisotopic (exact) mass is 280 g/mol. The van der Waals surface area contributed by atoms with Crippen molar-refractivity contribution in [1.82, 2.24) is 10.6 Å². The van der Waals surface area contributed by atoms with Crippen molar-refractivity contribution in [1.29, 1.82) is 0 Å². The maximum Gasteiger partial charge on any atom is 0.00794 e. The Morgan fingerprint density at radius 2 is 0.750 bits per heavy atom. The highest BCUT2D eigenvalue weighted by molar-refractivity contribution is 4.73. The Bertz CT molecular complexity index is 189. The normalized spacial score (nSPS) is 24.6. The zero-order chi connectivity index (χ0) is 13.9. The topological polar surface area (TPSA) is 24.1 Å². The third-order valence-corrected chi connectivity index (χ3v) is 5.20. The third-order valence-electron chi connectivity index (χ3n) is 5.20. The summed E-state index contributed by atoms with van der Waals surface area (Å²) in [5.74, 6) is 0. The molecule has 2 saturated carbocycles. The van der Waals surface area contributed by atoms with E-state index >= 15 is 0 Å². The summed E-state index contributed by atoms with van der Waals surface area (Å²) < 4.78 is 0. The van der Waals surface area contributed by atoms with E-state index in [4.69, 9.17) is 0 Å². The van der Waals surface area contributed by atoms with Crippen LogP contribution < -0.4 is 10.6 Å². The molecule has 0 bridgehead atoms. The van der Waals surface area contributed by atoms with Gasteiger partial charge in [0.25, 0.3) is 0 Å². The molecule has 0 aliphatic heterocycles. The maximum atomic E-state index is 3.79. The lowest BCUT2D eigenvalue weighted by Crippen LogP contribution is -2.39. The number of hydrogen-bond donors (Lipinski definition) is 2. The molecule has 0 radical (unpaired) electrons.